The van der Waals surface area contributed by atoms with Crippen molar-refractivity contribution >= 4 is 39.5 Å². The van der Waals surface area contributed by atoms with E-state index < -0.39 is 5.54 Å². The summed E-state index contributed by atoms with van der Waals surface area (Å²) in [6.07, 6.45) is 5.66. The molecule has 1 N–H and O–H groups in total. The predicted octanol–water partition coefficient (Wildman–Crippen LogP) is 4.02. The second kappa shape index (κ2) is 9.18. The van der Waals surface area contributed by atoms with Crippen molar-refractivity contribution in [1.29, 1.82) is 0 Å². The van der Waals surface area contributed by atoms with Gasteiger partial charge < -0.3 is 10.2 Å². The summed E-state index contributed by atoms with van der Waals surface area (Å²) in [6, 6.07) is 12.8. The van der Waals surface area contributed by atoms with Crippen LogP contribution in [0.2, 0.25) is 0 Å². The number of nitrogens with zero attached hydrogens (tertiary/aromatic N) is 3. The van der Waals surface area contributed by atoms with Gasteiger partial charge in [-0.2, -0.15) is 0 Å². The van der Waals surface area contributed by atoms with Crippen LogP contribution in [0.3, 0.4) is 0 Å². The summed E-state index contributed by atoms with van der Waals surface area (Å²) in [4.78, 5) is 45.5. The van der Waals surface area contributed by atoms with Gasteiger partial charge in [-0.1, -0.05) is 34.8 Å². The molecule has 0 unspecified atom stereocenters. The summed E-state index contributed by atoms with van der Waals surface area (Å²) in [6.45, 7) is 0.601. The number of imide groups is 1. The van der Waals surface area contributed by atoms with Crippen LogP contribution in [0.5, 0.6) is 0 Å². The zero-order valence-corrected chi connectivity index (χ0v) is 18.8. The largest absolute Gasteiger partial charge is 0.325 e. The fourth-order valence-corrected chi connectivity index (χ4v) is 4.58. The molecule has 162 valence electrons. The lowest BCUT2D eigenvalue weighted by Crippen LogP contribution is -2.44. The number of carbonyl (C=O) groups excluding carboxylic acids is 3. The molecule has 7 nitrogen and oxygen atoms in total. The summed E-state index contributed by atoms with van der Waals surface area (Å²) in [5.74, 6) is -0.212. The molecule has 8 heteroatoms. The van der Waals surface area contributed by atoms with Crippen molar-refractivity contribution in [2.45, 2.75) is 50.6 Å². The number of urea groups is 1. The van der Waals surface area contributed by atoms with Crippen molar-refractivity contribution in [3.05, 3.63) is 58.8 Å². The smallest absolute Gasteiger partial charge is 0.323 e. The number of nitrogens with one attached hydrogen (secondary N) is 1. The second-order valence-corrected chi connectivity index (χ2v) is 8.97. The van der Waals surface area contributed by atoms with E-state index in [-0.39, 0.29) is 30.8 Å². The number of hydrogen-bond donors (Lipinski definition) is 1. The molecular formula is C23H25BrN4O3. The molecule has 1 aliphatic heterocycles. The molecule has 1 spiro atoms. The monoisotopic (exact) mass is 484 g/mol. The molecule has 0 radical (unpaired) electrons. The number of amides is 4. The van der Waals surface area contributed by atoms with E-state index in [9.17, 15) is 14.4 Å². The van der Waals surface area contributed by atoms with Gasteiger partial charge in [0.05, 0.1) is 12.2 Å². The van der Waals surface area contributed by atoms with Gasteiger partial charge in [0.15, 0.2) is 0 Å². The maximum Gasteiger partial charge on any atom is 0.325 e. The van der Waals surface area contributed by atoms with Gasteiger partial charge in [-0.05, 0) is 55.7 Å². The normalized spacial score (nSPS) is 17.3. The van der Waals surface area contributed by atoms with Crippen LogP contribution in [0.4, 0.5) is 10.5 Å². The van der Waals surface area contributed by atoms with Crippen molar-refractivity contribution in [2.75, 3.05) is 11.4 Å². The van der Waals surface area contributed by atoms with Crippen molar-refractivity contribution in [3.63, 3.8) is 0 Å². The Kier molecular flexibility index (Phi) is 6.36. The van der Waals surface area contributed by atoms with Crippen LogP contribution < -0.4 is 10.2 Å². The average Bonchev–Trinajstić information content (AvgIpc) is 3.33. The van der Waals surface area contributed by atoms with Crippen molar-refractivity contribution in [1.82, 2.24) is 15.2 Å². The first-order chi connectivity index (χ1) is 15.0. The SMILES string of the molecule is O=C1NC2(CCCC2)C(=O)N1CCCC(=O)N(Cc1ccccn1)c1ccc(Br)cc1. The molecule has 2 aromatic rings. The number of anilines is 1. The Morgan fingerprint density at radius 2 is 1.87 bits per heavy atom. The van der Waals surface area contributed by atoms with E-state index in [2.05, 4.69) is 26.2 Å². The molecule has 2 fully saturated rings. The Labute approximate surface area is 189 Å². The van der Waals surface area contributed by atoms with Crippen LogP contribution in [-0.2, 0) is 16.1 Å². The molecule has 0 atom stereocenters. The number of rotatable bonds is 7. The van der Waals surface area contributed by atoms with Crippen LogP contribution in [0.1, 0.15) is 44.2 Å². The van der Waals surface area contributed by atoms with Gasteiger partial charge in [0.1, 0.15) is 5.54 Å². The molecule has 1 saturated carbocycles. The Morgan fingerprint density at radius 1 is 1.13 bits per heavy atom. The Bertz CT molecular complexity index is 959. The summed E-state index contributed by atoms with van der Waals surface area (Å²) in [5.41, 5.74) is 0.860. The van der Waals surface area contributed by atoms with E-state index in [0.717, 1.165) is 28.7 Å². The minimum atomic E-state index is -0.705. The summed E-state index contributed by atoms with van der Waals surface area (Å²) < 4.78 is 0.931. The third-order valence-corrected chi connectivity index (χ3v) is 6.49. The molecule has 1 saturated heterocycles. The number of halogens is 1. The number of aromatic nitrogens is 1. The maximum absolute atomic E-state index is 13.1. The van der Waals surface area contributed by atoms with Gasteiger partial charge >= 0.3 is 6.03 Å². The number of benzene rings is 1. The maximum atomic E-state index is 13.1. The molecule has 1 aromatic carbocycles. The highest BCUT2D eigenvalue weighted by atomic mass is 79.9. The van der Waals surface area contributed by atoms with Crippen LogP contribution in [0.25, 0.3) is 0 Å². The van der Waals surface area contributed by atoms with Crippen molar-refractivity contribution in [3.8, 4) is 0 Å². The molecule has 2 aliphatic rings. The topological polar surface area (TPSA) is 82.6 Å². The highest BCUT2D eigenvalue weighted by molar-refractivity contribution is 9.10. The third-order valence-electron chi connectivity index (χ3n) is 5.96. The lowest BCUT2D eigenvalue weighted by molar-refractivity contribution is -0.131. The Morgan fingerprint density at radius 3 is 2.55 bits per heavy atom. The Balaban J connectivity index is 1.41. The van der Waals surface area contributed by atoms with Crippen LogP contribution in [0, 0.1) is 0 Å². The van der Waals surface area contributed by atoms with Crippen LogP contribution in [-0.4, -0.2) is 39.8 Å². The third kappa shape index (κ3) is 4.63. The fourth-order valence-electron chi connectivity index (χ4n) is 4.32. The molecular weight excluding hydrogens is 460 g/mol. The standard InChI is InChI=1S/C23H25BrN4O3/c24-17-8-10-19(11-9-17)28(16-18-6-1-4-14-25-18)20(29)7-5-15-27-21(30)23(26-22(27)31)12-2-3-13-23/h1,4,6,8-11,14H,2-3,5,7,12-13,15-16H2,(H,26,31). The van der Waals surface area contributed by atoms with E-state index in [1.807, 2.05) is 42.5 Å². The zero-order chi connectivity index (χ0) is 21.8. The van der Waals surface area contributed by atoms with Gasteiger partial charge in [-0.3, -0.25) is 19.5 Å². The quantitative estimate of drug-likeness (QED) is 0.601. The first-order valence-electron chi connectivity index (χ1n) is 10.6. The van der Waals surface area contributed by atoms with Crippen LogP contribution in [0.15, 0.2) is 53.1 Å². The lowest BCUT2D eigenvalue weighted by atomic mass is 9.98. The summed E-state index contributed by atoms with van der Waals surface area (Å²) in [5, 5.41) is 2.88. The first kappa shape index (κ1) is 21.5. The average molecular weight is 485 g/mol. The fraction of sp³-hybridized carbons (Fsp3) is 0.391. The zero-order valence-electron chi connectivity index (χ0n) is 17.2. The highest BCUT2D eigenvalue weighted by Crippen LogP contribution is 2.35. The molecule has 1 aliphatic carbocycles. The lowest BCUT2D eigenvalue weighted by Gasteiger charge is -2.23. The van der Waals surface area contributed by atoms with Gasteiger partial charge in [-0.25, -0.2) is 4.79 Å². The van der Waals surface area contributed by atoms with E-state index >= 15 is 0 Å². The molecule has 1 aromatic heterocycles. The number of carbonyl (C=O) groups is 3. The number of hydrogen-bond acceptors (Lipinski definition) is 4. The molecule has 4 amide bonds. The Hall–Kier alpha value is -2.74. The molecule has 0 bridgehead atoms. The van der Waals surface area contributed by atoms with E-state index in [1.54, 1.807) is 11.1 Å². The molecule has 31 heavy (non-hydrogen) atoms. The predicted molar refractivity (Wildman–Crippen MR) is 120 cm³/mol. The minimum Gasteiger partial charge on any atom is -0.323 e. The molecule has 4 rings (SSSR count). The van der Waals surface area contributed by atoms with E-state index in [0.29, 0.717) is 25.8 Å². The summed E-state index contributed by atoms with van der Waals surface area (Å²) >= 11 is 3.42. The summed E-state index contributed by atoms with van der Waals surface area (Å²) in [7, 11) is 0. The van der Waals surface area contributed by atoms with E-state index in [4.69, 9.17) is 0 Å². The first-order valence-corrected chi connectivity index (χ1v) is 11.4. The van der Waals surface area contributed by atoms with Crippen molar-refractivity contribution in [2.24, 2.45) is 0 Å². The molecule has 2 heterocycles. The van der Waals surface area contributed by atoms with Gasteiger partial charge in [0, 0.05) is 29.3 Å². The van der Waals surface area contributed by atoms with Crippen molar-refractivity contribution < 1.29 is 14.4 Å². The number of pyridine rings is 1. The second-order valence-electron chi connectivity index (χ2n) is 8.06. The van der Waals surface area contributed by atoms with Gasteiger partial charge in [-0.15, -0.1) is 0 Å². The van der Waals surface area contributed by atoms with E-state index in [1.165, 1.54) is 4.90 Å². The van der Waals surface area contributed by atoms with Gasteiger partial charge in [0.25, 0.3) is 5.91 Å². The minimum absolute atomic E-state index is 0.0735. The van der Waals surface area contributed by atoms with Gasteiger partial charge in [0.2, 0.25) is 5.91 Å². The highest BCUT2D eigenvalue weighted by Gasteiger charge is 2.52. The van der Waals surface area contributed by atoms with Crippen LogP contribution >= 0.6 is 15.9 Å².